The monoisotopic (exact) mass is 281 g/mol. The number of benzene rings is 1. The molecule has 1 aromatic carbocycles. The van der Waals surface area contributed by atoms with Crippen LogP contribution < -0.4 is 4.74 Å². The summed E-state index contributed by atoms with van der Waals surface area (Å²) in [6.45, 7) is 1.45. The molecule has 7 heteroatoms. The number of aryl methyl sites for hydroxylation is 1. The minimum Gasteiger partial charge on any atom is -0.424 e. The highest BCUT2D eigenvalue weighted by Gasteiger charge is 2.27. The lowest BCUT2D eigenvalue weighted by Crippen LogP contribution is -2.15. The summed E-state index contributed by atoms with van der Waals surface area (Å²) < 4.78 is 29.0. The van der Waals surface area contributed by atoms with Crippen LogP contribution in [0, 0.1) is 17.0 Å². The molecule has 1 rings (SSSR count). The summed E-state index contributed by atoms with van der Waals surface area (Å²) >= 11 is 2.01. The van der Waals surface area contributed by atoms with E-state index in [9.17, 15) is 18.9 Å². The molecule has 0 amide bonds. The van der Waals surface area contributed by atoms with E-state index in [0.29, 0.717) is 0 Å². The van der Waals surface area contributed by atoms with Gasteiger partial charge in [0, 0.05) is 28.1 Å². The second kappa shape index (κ2) is 4.09. The standard InChI is InChI=1S/C8H6BrF2NO3/c1-5-4-6(12(13)14)2-3-7(5)15-8(9,10)11/h2-4H,1H3. The van der Waals surface area contributed by atoms with Crippen LogP contribution in [0.25, 0.3) is 0 Å². The molecule has 0 aliphatic rings. The number of ether oxygens (including phenoxy) is 1. The van der Waals surface area contributed by atoms with Gasteiger partial charge in [-0.1, -0.05) is 0 Å². The Bertz CT molecular complexity index is 392. The van der Waals surface area contributed by atoms with E-state index in [-0.39, 0.29) is 17.0 Å². The topological polar surface area (TPSA) is 52.4 Å². The molecular formula is C8H6BrF2NO3. The molecule has 0 unspecified atom stereocenters. The lowest BCUT2D eigenvalue weighted by Gasteiger charge is -2.12. The van der Waals surface area contributed by atoms with Crippen molar-refractivity contribution < 1.29 is 18.4 Å². The van der Waals surface area contributed by atoms with Crippen LogP contribution in [-0.2, 0) is 0 Å². The van der Waals surface area contributed by atoms with Crippen LogP contribution >= 0.6 is 15.9 Å². The summed E-state index contributed by atoms with van der Waals surface area (Å²) in [4.78, 5) is 9.75. The smallest absolute Gasteiger partial charge is 0.424 e. The molecule has 0 radical (unpaired) electrons. The van der Waals surface area contributed by atoms with E-state index in [1.165, 1.54) is 6.92 Å². The van der Waals surface area contributed by atoms with Crippen LogP contribution in [0.1, 0.15) is 5.56 Å². The molecule has 0 spiro atoms. The van der Waals surface area contributed by atoms with Gasteiger partial charge in [-0.05, 0) is 18.6 Å². The molecule has 1 aromatic rings. The molecule has 0 aromatic heterocycles. The van der Waals surface area contributed by atoms with E-state index < -0.39 is 9.94 Å². The summed E-state index contributed by atoms with van der Waals surface area (Å²) in [5.74, 6) is -0.109. The van der Waals surface area contributed by atoms with Gasteiger partial charge < -0.3 is 4.74 Å². The van der Waals surface area contributed by atoms with Crippen molar-refractivity contribution in [2.45, 2.75) is 11.9 Å². The number of rotatable bonds is 3. The molecular weight excluding hydrogens is 276 g/mol. The molecule has 4 nitrogen and oxygen atoms in total. The highest BCUT2D eigenvalue weighted by molar-refractivity contribution is 9.09. The Labute approximate surface area is 92.1 Å². The Hall–Kier alpha value is -1.24. The number of nitrogens with zero attached hydrogens (tertiary/aromatic N) is 1. The fourth-order valence-electron chi connectivity index (χ4n) is 0.986. The average Bonchev–Trinajstić information content (AvgIpc) is 2.05. The fraction of sp³-hybridized carbons (Fsp3) is 0.250. The summed E-state index contributed by atoms with van der Waals surface area (Å²) in [5.41, 5.74) is 0.0982. The predicted octanol–water partition coefficient (Wildman–Crippen LogP) is 3.23. The predicted molar refractivity (Wildman–Crippen MR) is 52.3 cm³/mol. The summed E-state index contributed by atoms with van der Waals surface area (Å²) in [7, 11) is 0. The van der Waals surface area contributed by atoms with E-state index in [1.54, 1.807) is 0 Å². The summed E-state index contributed by atoms with van der Waals surface area (Å²) in [6.07, 6.45) is 0. The SMILES string of the molecule is Cc1cc([N+](=O)[O-])ccc1OC(F)(F)Br. The van der Waals surface area contributed by atoms with Gasteiger partial charge in [0.15, 0.2) is 0 Å². The fourth-order valence-corrected chi connectivity index (χ4v) is 1.16. The molecule has 0 saturated heterocycles. The first-order valence-electron chi connectivity index (χ1n) is 3.80. The average molecular weight is 282 g/mol. The van der Waals surface area contributed by atoms with E-state index in [1.807, 2.05) is 15.9 Å². The Kier molecular flexibility index (Phi) is 3.23. The molecule has 0 saturated carbocycles. The lowest BCUT2D eigenvalue weighted by molar-refractivity contribution is -0.384. The quantitative estimate of drug-likeness (QED) is 0.486. The van der Waals surface area contributed by atoms with Crippen molar-refractivity contribution in [1.82, 2.24) is 0 Å². The van der Waals surface area contributed by atoms with Crippen molar-refractivity contribution in [3.05, 3.63) is 33.9 Å². The van der Waals surface area contributed by atoms with Crippen molar-refractivity contribution in [1.29, 1.82) is 0 Å². The van der Waals surface area contributed by atoms with Crippen LogP contribution in [-0.4, -0.2) is 9.94 Å². The minimum absolute atomic E-state index is 0.109. The van der Waals surface area contributed by atoms with Crippen LogP contribution in [0.2, 0.25) is 0 Å². The molecule has 0 N–H and O–H groups in total. The number of nitro groups is 1. The minimum atomic E-state index is -3.48. The van der Waals surface area contributed by atoms with Crippen LogP contribution in [0.4, 0.5) is 14.5 Å². The lowest BCUT2D eigenvalue weighted by atomic mass is 10.2. The zero-order valence-corrected chi connectivity index (χ0v) is 9.12. The number of non-ortho nitro benzene ring substituents is 1. The van der Waals surface area contributed by atoms with E-state index in [0.717, 1.165) is 18.2 Å². The molecule has 0 aliphatic heterocycles. The largest absolute Gasteiger partial charge is 0.459 e. The van der Waals surface area contributed by atoms with E-state index >= 15 is 0 Å². The molecule has 0 fully saturated rings. The van der Waals surface area contributed by atoms with Crippen LogP contribution in [0.3, 0.4) is 0 Å². The van der Waals surface area contributed by atoms with Crippen molar-refractivity contribution >= 4 is 21.6 Å². The Morgan fingerprint density at radius 2 is 2.13 bits per heavy atom. The Balaban J connectivity index is 2.99. The molecule has 0 aliphatic carbocycles. The van der Waals surface area contributed by atoms with Crippen molar-refractivity contribution in [3.8, 4) is 5.75 Å². The number of halogens is 3. The Morgan fingerprint density at radius 1 is 1.53 bits per heavy atom. The zero-order chi connectivity index (χ0) is 11.6. The second-order valence-electron chi connectivity index (χ2n) is 2.75. The number of alkyl halides is 3. The van der Waals surface area contributed by atoms with Crippen LogP contribution in [0.5, 0.6) is 5.75 Å². The first kappa shape index (κ1) is 11.8. The van der Waals surface area contributed by atoms with Gasteiger partial charge in [0.25, 0.3) is 5.69 Å². The van der Waals surface area contributed by atoms with Gasteiger partial charge in [0.2, 0.25) is 0 Å². The Morgan fingerprint density at radius 3 is 2.53 bits per heavy atom. The van der Waals surface area contributed by atoms with Gasteiger partial charge in [-0.25, -0.2) is 0 Å². The third-order valence-electron chi connectivity index (χ3n) is 1.60. The first-order valence-corrected chi connectivity index (χ1v) is 4.59. The third-order valence-corrected chi connectivity index (χ3v) is 1.76. The summed E-state index contributed by atoms with van der Waals surface area (Å²) in [6, 6.07) is 3.39. The zero-order valence-electron chi connectivity index (χ0n) is 7.54. The second-order valence-corrected chi connectivity index (χ2v) is 3.68. The molecule has 0 bridgehead atoms. The molecule has 82 valence electrons. The van der Waals surface area contributed by atoms with E-state index in [4.69, 9.17) is 0 Å². The van der Waals surface area contributed by atoms with Gasteiger partial charge in [0.05, 0.1) is 4.92 Å². The van der Waals surface area contributed by atoms with Gasteiger partial charge >= 0.3 is 5.02 Å². The number of hydrogen-bond donors (Lipinski definition) is 0. The third kappa shape index (κ3) is 3.43. The van der Waals surface area contributed by atoms with Crippen molar-refractivity contribution in [3.63, 3.8) is 0 Å². The molecule has 0 heterocycles. The first-order chi connectivity index (χ1) is 6.79. The van der Waals surface area contributed by atoms with E-state index in [2.05, 4.69) is 4.74 Å². The van der Waals surface area contributed by atoms with Crippen molar-refractivity contribution in [2.24, 2.45) is 0 Å². The maximum absolute atomic E-state index is 12.4. The van der Waals surface area contributed by atoms with Crippen LogP contribution in [0.15, 0.2) is 18.2 Å². The maximum atomic E-state index is 12.4. The van der Waals surface area contributed by atoms with Crippen molar-refractivity contribution in [2.75, 3.05) is 0 Å². The number of nitro benzene ring substituents is 1. The van der Waals surface area contributed by atoms with Gasteiger partial charge in [-0.3, -0.25) is 10.1 Å². The maximum Gasteiger partial charge on any atom is 0.459 e. The van der Waals surface area contributed by atoms with Gasteiger partial charge in [-0.15, -0.1) is 0 Å². The van der Waals surface area contributed by atoms with Gasteiger partial charge in [-0.2, -0.15) is 8.78 Å². The molecule has 15 heavy (non-hydrogen) atoms. The summed E-state index contributed by atoms with van der Waals surface area (Å²) in [5, 5.41) is 6.88. The number of hydrogen-bond acceptors (Lipinski definition) is 3. The highest BCUT2D eigenvalue weighted by atomic mass is 79.9. The highest BCUT2D eigenvalue weighted by Crippen LogP contribution is 2.30. The molecule has 0 atom stereocenters. The van der Waals surface area contributed by atoms with Gasteiger partial charge in [0.1, 0.15) is 5.75 Å². The normalized spacial score (nSPS) is 11.2.